The quantitative estimate of drug-likeness (QED) is 0.541. The maximum atomic E-state index is 11.4. The number of carbonyl (C=O) groups is 2. The van der Waals surface area contributed by atoms with Crippen LogP contribution in [0.25, 0.3) is 0 Å². The lowest BCUT2D eigenvalue weighted by Gasteiger charge is -2.07. The van der Waals surface area contributed by atoms with E-state index in [9.17, 15) is 18.0 Å². The lowest BCUT2D eigenvalue weighted by Crippen LogP contribution is -2.39. The predicted octanol–water partition coefficient (Wildman–Crippen LogP) is -1.29. The molecule has 1 aromatic heterocycles. The van der Waals surface area contributed by atoms with Crippen molar-refractivity contribution in [2.45, 2.75) is 13.5 Å². The molecule has 0 aliphatic rings. The van der Waals surface area contributed by atoms with E-state index in [0.29, 0.717) is 0 Å². The molecule has 1 rings (SSSR count). The molecular weight excluding hydrogens is 302 g/mol. The zero-order valence-electron chi connectivity index (χ0n) is 11.4. The Morgan fingerprint density at radius 3 is 2.57 bits per heavy atom. The van der Waals surface area contributed by atoms with Crippen molar-refractivity contribution in [3.63, 3.8) is 0 Å². The molecule has 0 aliphatic heterocycles. The molecule has 0 bridgehead atoms. The molecule has 0 saturated heterocycles. The zero-order chi connectivity index (χ0) is 15.9. The van der Waals surface area contributed by atoms with Crippen LogP contribution in [-0.2, 0) is 16.4 Å². The third-order valence-corrected chi connectivity index (χ3v) is 4.23. The fourth-order valence-corrected chi connectivity index (χ4v) is 2.02. The summed E-state index contributed by atoms with van der Waals surface area (Å²) in [5, 5.41) is 20.5. The van der Waals surface area contributed by atoms with E-state index in [1.807, 2.05) is 0 Å². The van der Waals surface area contributed by atoms with Gasteiger partial charge < -0.3 is 15.7 Å². The first-order valence-corrected chi connectivity index (χ1v) is 8.01. The predicted molar refractivity (Wildman–Crippen MR) is 72.7 cm³/mol. The van der Waals surface area contributed by atoms with E-state index in [1.54, 1.807) is 6.92 Å². The van der Waals surface area contributed by atoms with Crippen LogP contribution in [0, 0.1) is 0 Å². The number of carboxylic acids is 1. The lowest BCUT2D eigenvalue weighted by molar-refractivity contribution is 0.0690. The van der Waals surface area contributed by atoms with Gasteiger partial charge >= 0.3 is 12.0 Å². The van der Waals surface area contributed by atoms with Crippen molar-refractivity contribution in [2.75, 3.05) is 24.6 Å². The van der Waals surface area contributed by atoms with E-state index in [2.05, 4.69) is 20.9 Å². The van der Waals surface area contributed by atoms with Gasteiger partial charge in [0.2, 0.25) is 0 Å². The van der Waals surface area contributed by atoms with Crippen LogP contribution in [-0.4, -0.2) is 65.1 Å². The van der Waals surface area contributed by atoms with E-state index in [-0.39, 0.29) is 36.8 Å². The average Bonchev–Trinajstić information content (AvgIpc) is 2.87. The Labute approximate surface area is 121 Å². The highest BCUT2D eigenvalue weighted by Gasteiger charge is 2.09. The summed E-state index contributed by atoms with van der Waals surface area (Å²) >= 11 is 0. The smallest absolute Gasteiger partial charge is 0.358 e. The van der Waals surface area contributed by atoms with E-state index in [0.717, 1.165) is 0 Å². The molecule has 0 spiro atoms. The Hall–Kier alpha value is -2.17. The monoisotopic (exact) mass is 319 g/mol. The minimum Gasteiger partial charge on any atom is -0.476 e. The van der Waals surface area contributed by atoms with Crippen LogP contribution in [0.4, 0.5) is 4.79 Å². The molecule has 0 unspecified atom stereocenters. The molecule has 11 heteroatoms. The maximum absolute atomic E-state index is 11.4. The van der Waals surface area contributed by atoms with Gasteiger partial charge in [0.05, 0.1) is 18.5 Å². The first kappa shape index (κ1) is 16.9. The number of rotatable bonds is 8. The molecule has 1 aromatic rings. The van der Waals surface area contributed by atoms with Gasteiger partial charge in [-0.25, -0.2) is 22.7 Å². The molecule has 1 heterocycles. The number of urea groups is 1. The second-order valence-corrected chi connectivity index (χ2v) is 6.56. The van der Waals surface area contributed by atoms with Crippen molar-refractivity contribution < 1.29 is 23.1 Å². The number of sulfone groups is 1. The summed E-state index contributed by atoms with van der Waals surface area (Å²) in [7, 11) is -3.10. The number of aromatic nitrogens is 3. The van der Waals surface area contributed by atoms with Crippen molar-refractivity contribution >= 4 is 21.8 Å². The highest BCUT2D eigenvalue weighted by Crippen LogP contribution is 1.91. The topological polar surface area (TPSA) is 143 Å². The van der Waals surface area contributed by atoms with Crippen molar-refractivity contribution in [1.29, 1.82) is 0 Å². The van der Waals surface area contributed by atoms with Crippen LogP contribution in [0.3, 0.4) is 0 Å². The average molecular weight is 319 g/mol. The van der Waals surface area contributed by atoms with Crippen LogP contribution >= 0.6 is 0 Å². The van der Waals surface area contributed by atoms with Gasteiger partial charge in [0.1, 0.15) is 0 Å². The number of carbonyl (C=O) groups excluding carboxylic acids is 1. The van der Waals surface area contributed by atoms with Crippen LogP contribution < -0.4 is 10.6 Å². The van der Waals surface area contributed by atoms with Crippen LogP contribution in [0.2, 0.25) is 0 Å². The molecule has 3 N–H and O–H groups in total. The van der Waals surface area contributed by atoms with Gasteiger partial charge in [-0.1, -0.05) is 12.1 Å². The van der Waals surface area contributed by atoms with E-state index >= 15 is 0 Å². The number of carboxylic acid groups (broad SMARTS) is 1. The Balaban J connectivity index is 2.22. The molecule has 0 radical (unpaired) electrons. The summed E-state index contributed by atoms with van der Waals surface area (Å²) in [4.78, 5) is 21.9. The first-order valence-electron chi connectivity index (χ1n) is 6.19. The van der Waals surface area contributed by atoms with Crippen molar-refractivity contribution in [1.82, 2.24) is 25.6 Å². The molecular formula is C10H17N5O5S. The summed E-state index contributed by atoms with van der Waals surface area (Å²) in [6.45, 7) is 2.03. The van der Waals surface area contributed by atoms with Crippen LogP contribution in [0.5, 0.6) is 0 Å². The Morgan fingerprint density at radius 1 is 1.33 bits per heavy atom. The SMILES string of the molecule is CCS(=O)(=O)CCNC(=O)NCCn1cc(C(=O)O)nn1. The summed E-state index contributed by atoms with van der Waals surface area (Å²) in [5.41, 5.74) is -0.177. The second kappa shape index (κ2) is 7.57. The Morgan fingerprint density at radius 2 is 2.00 bits per heavy atom. The van der Waals surface area contributed by atoms with Gasteiger partial charge in [-0.05, 0) is 0 Å². The molecule has 0 aromatic carbocycles. The highest BCUT2D eigenvalue weighted by molar-refractivity contribution is 7.91. The van der Waals surface area contributed by atoms with Gasteiger partial charge in [0.25, 0.3) is 0 Å². The van der Waals surface area contributed by atoms with E-state index < -0.39 is 21.8 Å². The number of nitrogens with one attached hydrogen (secondary N) is 2. The summed E-state index contributed by atoms with van der Waals surface area (Å²) in [6, 6.07) is -0.500. The van der Waals surface area contributed by atoms with E-state index in [4.69, 9.17) is 5.11 Å². The fourth-order valence-electron chi connectivity index (χ4n) is 1.32. The van der Waals surface area contributed by atoms with Crippen molar-refractivity contribution in [2.24, 2.45) is 0 Å². The zero-order valence-corrected chi connectivity index (χ0v) is 12.3. The molecule has 0 saturated carbocycles. The molecule has 0 fully saturated rings. The molecule has 118 valence electrons. The lowest BCUT2D eigenvalue weighted by atomic mass is 10.5. The first-order chi connectivity index (χ1) is 9.84. The number of hydrogen-bond acceptors (Lipinski definition) is 6. The Kier molecular flexibility index (Phi) is 6.09. The third kappa shape index (κ3) is 6.21. The van der Waals surface area contributed by atoms with Gasteiger partial charge in [0, 0.05) is 18.8 Å². The van der Waals surface area contributed by atoms with Gasteiger partial charge in [-0.2, -0.15) is 0 Å². The van der Waals surface area contributed by atoms with Crippen molar-refractivity contribution in [3.05, 3.63) is 11.9 Å². The van der Waals surface area contributed by atoms with E-state index in [1.165, 1.54) is 10.9 Å². The summed E-state index contributed by atoms with van der Waals surface area (Å²) in [6.07, 6.45) is 1.25. The standard InChI is InChI=1S/C10H17N5O5S/c1-2-21(19,20)6-4-12-10(18)11-3-5-15-7-8(9(16)17)13-14-15/h7H,2-6H2,1H3,(H,16,17)(H2,11,12,18). The normalized spacial score (nSPS) is 11.1. The molecule has 21 heavy (non-hydrogen) atoms. The van der Waals surface area contributed by atoms with Gasteiger partial charge in [-0.15, -0.1) is 5.10 Å². The second-order valence-electron chi connectivity index (χ2n) is 4.09. The molecule has 2 amide bonds. The molecule has 0 atom stereocenters. The maximum Gasteiger partial charge on any atom is 0.358 e. The van der Waals surface area contributed by atoms with Gasteiger partial charge in [0.15, 0.2) is 15.5 Å². The number of hydrogen-bond donors (Lipinski definition) is 3. The molecule has 10 nitrogen and oxygen atoms in total. The fraction of sp³-hybridized carbons (Fsp3) is 0.600. The summed E-state index contributed by atoms with van der Waals surface area (Å²) < 4.78 is 23.7. The highest BCUT2D eigenvalue weighted by atomic mass is 32.2. The van der Waals surface area contributed by atoms with Crippen LogP contribution in [0.1, 0.15) is 17.4 Å². The largest absolute Gasteiger partial charge is 0.476 e. The number of amides is 2. The number of nitrogens with zero attached hydrogens (tertiary/aromatic N) is 3. The minimum absolute atomic E-state index is 0.0362. The molecule has 0 aliphatic carbocycles. The summed E-state index contributed by atoms with van der Waals surface area (Å²) in [5.74, 6) is -1.25. The van der Waals surface area contributed by atoms with Gasteiger partial charge in [-0.3, -0.25) is 0 Å². The van der Waals surface area contributed by atoms with Crippen LogP contribution in [0.15, 0.2) is 6.20 Å². The Bertz CT molecular complexity index is 597. The van der Waals surface area contributed by atoms with Crippen molar-refractivity contribution in [3.8, 4) is 0 Å². The minimum atomic E-state index is -3.10. The third-order valence-electron chi connectivity index (χ3n) is 2.52. The number of aromatic carboxylic acids is 1.